The quantitative estimate of drug-likeness (QED) is 0.187. The van der Waals surface area contributed by atoms with Crippen molar-refractivity contribution < 1.29 is 18.4 Å². The molecule has 0 aliphatic heterocycles. The van der Waals surface area contributed by atoms with Crippen molar-refractivity contribution in [3.05, 3.63) is 82.9 Å². The Balaban J connectivity index is 1.41. The van der Waals surface area contributed by atoms with Crippen LogP contribution in [-0.2, 0) is 19.5 Å². The second-order valence-electron chi connectivity index (χ2n) is 7.90. The smallest absolute Gasteiger partial charge is 0.191 e. The lowest BCUT2D eigenvalue weighted by Gasteiger charge is -2.09. The first-order valence-corrected chi connectivity index (χ1v) is 13.5. The van der Waals surface area contributed by atoms with E-state index in [4.69, 9.17) is 0 Å². The molecule has 0 fully saturated rings. The van der Waals surface area contributed by atoms with Crippen LogP contribution < -0.4 is 0 Å². The van der Waals surface area contributed by atoms with Crippen molar-refractivity contribution in [3.63, 3.8) is 0 Å². The molecule has 37 heavy (non-hydrogen) atoms. The van der Waals surface area contributed by atoms with Gasteiger partial charge in [-0.2, -0.15) is 0 Å². The van der Waals surface area contributed by atoms with E-state index >= 15 is 0 Å². The van der Waals surface area contributed by atoms with Gasteiger partial charge < -0.3 is 9.13 Å². The minimum atomic E-state index is -0.388. The lowest BCUT2D eigenvalue weighted by atomic mass is 10.1. The summed E-state index contributed by atoms with van der Waals surface area (Å²) in [5, 5.41) is 18.3. The van der Waals surface area contributed by atoms with Crippen molar-refractivity contribution >= 4 is 35.1 Å². The van der Waals surface area contributed by atoms with Gasteiger partial charge in [0, 0.05) is 24.2 Å². The first kappa shape index (κ1) is 26.7. The Hall–Kier alpha value is -3.38. The molecule has 0 aliphatic carbocycles. The first-order valence-electron chi connectivity index (χ1n) is 11.6. The zero-order chi connectivity index (χ0) is 26.4. The molecule has 0 amide bonds. The van der Waals surface area contributed by atoms with Gasteiger partial charge >= 0.3 is 0 Å². The minimum absolute atomic E-state index is 0.125. The maximum Gasteiger partial charge on any atom is 0.191 e. The number of benzene rings is 2. The highest BCUT2D eigenvalue weighted by atomic mass is 32.2. The largest absolute Gasteiger partial charge is 0.306 e. The zero-order valence-electron chi connectivity index (χ0n) is 20.2. The standard InChI is InChI=1S/C25H24F2N6O2S2/c1-3-32-22(28-30-24(32)36-14-20(34)16-5-9-18(26)10-6-16)13-23-29-31-25(33(23)4-2)37-15-21(35)17-7-11-19(27)12-8-17/h5-12H,3-4,13-15H2,1-2H3. The van der Waals surface area contributed by atoms with Crippen LogP contribution in [0.5, 0.6) is 0 Å². The summed E-state index contributed by atoms with van der Waals surface area (Å²) in [7, 11) is 0. The first-order chi connectivity index (χ1) is 17.9. The molecule has 0 saturated carbocycles. The Bertz CT molecular complexity index is 1280. The van der Waals surface area contributed by atoms with E-state index in [9.17, 15) is 18.4 Å². The van der Waals surface area contributed by atoms with Crippen molar-refractivity contribution in [3.8, 4) is 0 Å². The predicted molar refractivity (Wildman–Crippen MR) is 137 cm³/mol. The highest BCUT2D eigenvalue weighted by molar-refractivity contribution is 8.00. The van der Waals surface area contributed by atoms with Crippen LogP contribution in [0.4, 0.5) is 8.78 Å². The Kier molecular flexibility index (Phi) is 8.82. The average molecular weight is 543 g/mol. The number of thioether (sulfide) groups is 2. The highest BCUT2D eigenvalue weighted by Gasteiger charge is 2.19. The third kappa shape index (κ3) is 6.50. The van der Waals surface area contributed by atoms with Gasteiger partial charge in [-0.1, -0.05) is 23.5 Å². The van der Waals surface area contributed by atoms with Crippen molar-refractivity contribution in [2.45, 2.75) is 43.7 Å². The third-order valence-corrected chi connectivity index (χ3v) is 7.47. The topological polar surface area (TPSA) is 95.6 Å². The van der Waals surface area contributed by atoms with Gasteiger partial charge in [0.2, 0.25) is 0 Å². The number of Topliss-reactive ketones (excluding diaryl/α,β-unsaturated/α-hetero) is 2. The highest BCUT2D eigenvalue weighted by Crippen LogP contribution is 2.23. The molecule has 0 spiro atoms. The number of carbonyl (C=O) groups is 2. The summed E-state index contributed by atoms with van der Waals surface area (Å²) in [6, 6.07) is 10.9. The summed E-state index contributed by atoms with van der Waals surface area (Å²) in [4.78, 5) is 24.9. The maximum atomic E-state index is 13.1. The zero-order valence-corrected chi connectivity index (χ0v) is 21.9. The van der Waals surface area contributed by atoms with Gasteiger partial charge in [0.25, 0.3) is 0 Å². The van der Waals surface area contributed by atoms with E-state index in [-0.39, 0.29) is 34.7 Å². The molecular formula is C25H24F2N6O2S2. The van der Waals surface area contributed by atoms with Crippen LogP contribution in [0, 0.1) is 11.6 Å². The van der Waals surface area contributed by atoms with Crippen LogP contribution in [0.3, 0.4) is 0 Å². The molecule has 8 nitrogen and oxygen atoms in total. The molecule has 4 rings (SSSR count). The number of carbonyl (C=O) groups excluding carboxylic acids is 2. The minimum Gasteiger partial charge on any atom is -0.306 e. The third-order valence-electron chi connectivity index (χ3n) is 5.53. The van der Waals surface area contributed by atoms with Crippen LogP contribution in [0.15, 0.2) is 58.8 Å². The summed E-state index contributed by atoms with van der Waals surface area (Å²) in [5.41, 5.74) is 0.881. The fraction of sp³-hybridized carbons (Fsp3) is 0.280. The molecule has 192 valence electrons. The number of nitrogens with zero attached hydrogens (tertiary/aromatic N) is 6. The molecule has 2 heterocycles. The molecule has 0 atom stereocenters. The fourth-order valence-corrected chi connectivity index (χ4v) is 5.42. The Morgan fingerprint density at radius 2 is 1.05 bits per heavy atom. The maximum absolute atomic E-state index is 13.1. The van der Waals surface area contributed by atoms with Crippen molar-refractivity contribution in [1.29, 1.82) is 0 Å². The van der Waals surface area contributed by atoms with Crippen LogP contribution in [0.2, 0.25) is 0 Å². The van der Waals surface area contributed by atoms with E-state index in [1.54, 1.807) is 0 Å². The van der Waals surface area contributed by atoms with Gasteiger partial charge in [-0.3, -0.25) is 9.59 Å². The van der Waals surface area contributed by atoms with Gasteiger partial charge in [-0.15, -0.1) is 20.4 Å². The van der Waals surface area contributed by atoms with E-state index < -0.39 is 0 Å². The van der Waals surface area contributed by atoms with Gasteiger partial charge in [0.05, 0.1) is 17.9 Å². The SMILES string of the molecule is CCn1c(Cc2nnc(SCC(=O)c3ccc(F)cc3)n2CC)nnc1SCC(=O)c1ccc(F)cc1. The molecule has 2 aromatic carbocycles. The molecule has 0 radical (unpaired) electrons. The molecular weight excluding hydrogens is 518 g/mol. The molecule has 0 N–H and O–H groups in total. The summed E-state index contributed by atoms with van der Waals surface area (Å²) in [5.74, 6) is 0.636. The predicted octanol–water partition coefficient (Wildman–Crippen LogP) is 4.73. The monoisotopic (exact) mass is 542 g/mol. The number of halogens is 2. The number of hydrogen-bond donors (Lipinski definition) is 0. The lowest BCUT2D eigenvalue weighted by Crippen LogP contribution is -2.10. The second-order valence-corrected chi connectivity index (χ2v) is 9.79. The van der Waals surface area contributed by atoms with Gasteiger partial charge in [0.1, 0.15) is 23.3 Å². The molecule has 0 bridgehead atoms. The van der Waals surface area contributed by atoms with E-state index in [0.717, 1.165) is 0 Å². The van der Waals surface area contributed by atoms with E-state index in [1.807, 2.05) is 23.0 Å². The molecule has 4 aromatic rings. The Morgan fingerprint density at radius 3 is 1.41 bits per heavy atom. The van der Waals surface area contributed by atoms with Crippen LogP contribution in [-0.4, -0.2) is 52.6 Å². The van der Waals surface area contributed by atoms with E-state index in [1.165, 1.54) is 72.1 Å². The number of ketones is 2. The lowest BCUT2D eigenvalue weighted by molar-refractivity contribution is 0.101. The van der Waals surface area contributed by atoms with Gasteiger partial charge in [-0.05, 0) is 62.4 Å². The number of hydrogen-bond acceptors (Lipinski definition) is 8. The fourth-order valence-electron chi connectivity index (χ4n) is 3.59. The summed E-state index contributed by atoms with van der Waals surface area (Å²) >= 11 is 2.55. The summed E-state index contributed by atoms with van der Waals surface area (Å²) in [6.07, 6.45) is 0.376. The summed E-state index contributed by atoms with van der Waals surface area (Å²) < 4.78 is 30.1. The van der Waals surface area contributed by atoms with Crippen molar-refractivity contribution in [2.24, 2.45) is 0 Å². The molecule has 2 aromatic heterocycles. The van der Waals surface area contributed by atoms with Gasteiger partial charge in [-0.25, -0.2) is 8.78 Å². The van der Waals surface area contributed by atoms with Crippen molar-refractivity contribution in [1.82, 2.24) is 29.5 Å². The number of rotatable bonds is 12. The van der Waals surface area contributed by atoms with Crippen molar-refractivity contribution in [2.75, 3.05) is 11.5 Å². The van der Waals surface area contributed by atoms with E-state index in [2.05, 4.69) is 20.4 Å². The second kappa shape index (κ2) is 12.2. The van der Waals surface area contributed by atoms with Gasteiger partial charge in [0.15, 0.2) is 21.9 Å². The Morgan fingerprint density at radius 1 is 0.676 bits per heavy atom. The molecule has 0 unspecified atom stereocenters. The molecule has 0 saturated heterocycles. The van der Waals surface area contributed by atoms with Crippen LogP contribution >= 0.6 is 23.5 Å². The average Bonchev–Trinajstić information content (AvgIpc) is 3.49. The summed E-state index contributed by atoms with van der Waals surface area (Å²) in [6.45, 7) is 5.13. The molecule has 12 heteroatoms. The van der Waals surface area contributed by atoms with Crippen LogP contribution in [0.1, 0.15) is 46.2 Å². The Labute approximate surface area is 220 Å². The number of aromatic nitrogens is 6. The normalized spacial score (nSPS) is 11.1. The van der Waals surface area contributed by atoms with Crippen LogP contribution in [0.25, 0.3) is 0 Å². The van der Waals surface area contributed by atoms with E-state index in [0.29, 0.717) is 52.6 Å². The molecule has 0 aliphatic rings.